The van der Waals surface area contributed by atoms with Crippen LogP contribution in [0, 0.1) is 0 Å². The third kappa shape index (κ3) is 45.6. The summed E-state index contributed by atoms with van der Waals surface area (Å²) in [6.07, 6.45) is 61.7. The van der Waals surface area contributed by atoms with E-state index in [0.717, 1.165) is 89.9 Å². The van der Waals surface area contributed by atoms with Crippen LogP contribution < -0.4 is 5.32 Å². The first kappa shape index (κ1) is 76.6. The summed E-state index contributed by atoms with van der Waals surface area (Å²) in [6.45, 7) is 5.68. The summed E-state index contributed by atoms with van der Waals surface area (Å²) in [6, 6.07) is -1.02. The predicted octanol–water partition coefficient (Wildman–Crippen LogP) is 17.2. The normalized spacial score (nSPS) is 18.9. The number of rotatable bonds is 59. The highest BCUT2D eigenvalue weighted by atomic mass is 16.7. The van der Waals surface area contributed by atoms with Crippen LogP contribution in [-0.2, 0) is 23.8 Å². The second kappa shape index (κ2) is 58.0. The fourth-order valence-electron chi connectivity index (χ4n) is 10.9. The first-order valence-corrected chi connectivity index (χ1v) is 34.4. The smallest absolute Gasteiger partial charge is 0.306 e. The number of amides is 1. The maximum Gasteiger partial charge on any atom is 0.306 e. The molecule has 6 N–H and O–H groups in total. The summed E-state index contributed by atoms with van der Waals surface area (Å²) in [5.74, 6) is -1.20. The quantitative estimate of drug-likeness (QED) is 0.0149. The van der Waals surface area contributed by atoms with Crippen molar-refractivity contribution in [3.05, 3.63) is 48.6 Å². The fraction of sp³-hybridized carbons (Fsp3) is 0.857. The van der Waals surface area contributed by atoms with E-state index in [1.54, 1.807) is 6.08 Å². The van der Waals surface area contributed by atoms with Crippen molar-refractivity contribution in [2.75, 3.05) is 13.2 Å². The van der Waals surface area contributed by atoms with Crippen LogP contribution in [0.4, 0.5) is 0 Å². The second-order valence-corrected chi connectivity index (χ2v) is 24.0. The zero-order valence-corrected chi connectivity index (χ0v) is 52.7. The van der Waals surface area contributed by atoms with Gasteiger partial charge in [-0.25, -0.2) is 0 Å². The molecule has 0 spiro atoms. The first-order valence-electron chi connectivity index (χ1n) is 34.4. The lowest BCUT2D eigenvalue weighted by Gasteiger charge is -2.41. The number of aliphatic hydroxyl groups is 5. The van der Waals surface area contributed by atoms with Gasteiger partial charge in [-0.2, -0.15) is 0 Å². The third-order valence-corrected chi connectivity index (χ3v) is 16.3. The summed E-state index contributed by atoms with van der Waals surface area (Å²) in [4.78, 5) is 26.6. The summed E-state index contributed by atoms with van der Waals surface area (Å²) in [5.41, 5.74) is 0. The van der Waals surface area contributed by atoms with Gasteiger partial charge in [0.2, 0.25) is 5.91 Å². The van der Waals surface area contributed by atoms with E-state index in [0.29, 0.717) is 19.3 Å². The number of hydrogen-bond acceptors (Lipinski definition) is 10. The number of carbonyl (C=O) groups excluding carboxylic acids is 2. The molecule has 0 aliphatic carbocycles. The minimum absolute atomic E-state index is 0.111. The molecule has 1 aliphatic rings. The number of unbranched alkanes of at least 4 members (excludes halogenated alkanes) is 41. The van der Waals surface area contributed by atoms with Gasteiger partial charge in [0.25, 0.3) is 0 Å². The van der Waals surface area contributed by atoms with Crippen LogP contribution in [0.3, 0.4) is 0 Å². The third-order valence-electron chi connectivity index (χ3n) is 16.3. The lowest BCUT2D eigenvalue weighted by molar-refractivity contribution is -0.305. The first-order chi connectivity index (χ1) is 39.7. The van der Waals surface area contributed by atoms with Crippen LogP contribution in [0.1, 0.15) is 323 Å². The molecule has 0 saturated carbocycles. The van der Waals surface area contributed by atoms with Gasteiger partial charge in [0.15, 0.2) is 12.4 Å². The summed E-state index contributed by atoms with van der Waals surface area (Å²) in [7, 11) is 0. The van der Waals surface area contributed by atoms with Crippen molar-refractivity contribution in [2.45, 2.75) is 372 Å². The number of esters is 1. The summed E-state index contributed by atoms with van der Waals surface area (Å²) in [5, 5.41) is 57.1. The molecule has 1 amide bonds. The molecular weight excluding hydrogens is 1010 g/mol. The van der Waals surface area contributed by atoms with E-state index in [-0.39, 0.29) is 13.0 Å². The highest BCUT2D eigenvalue weighted by Crippen LogP contribution is 2.26. The molecule has 0 aromatic carbocycles. The van der Waals surface area contributed by atoms with Crippen LogP contribution >= 0.6 is 0 Å². The molecule has 0 aromatic heterocycles. The lowest BCUT2D eigenvalue weighted by Crippen LogP contribution is -2.61. The highest BCUT2D eigenvalue weighted by Gasteiger charge is 2.47. The molecule has 0 bridgehead atoms. The van der Waals surface area contributed by atoms with E-state index < -0.39 is 67.4 Å². The standard InChI is InChI=1S/C70H129NO10/c1-4-7-10-13-16-19-22-24-26-27-28-29-30-31-32-33-34-35-36-38-39-42-45-48-51-54-57-63(74)69(78)71-61(62(73)56-53-50-47-44-41-21-18-15-12-9-6-3)60-79-70-68(67(77)66(76)64(59-72)80-70)81-65(75)58-55-52-49-46-43-40-37-25-23-20-17-14-11-8-5-2/h8,11,14,17,20,23,53,56,61-64,66-68,70,72-74,76-77H,4-7,9-10,12-13,15-16,18-19,21-22,24-52,54-55,57-60H2,1-3H3,(H,71,78)/b11-8+,17-14+,23-20+,56-53+. The molecule has 8 unspecified atom stereocenters. The van der Waals surface area contributed by atoms with Crippen molar-refractivity contribution in [2.24, 2.45) is 0 Å². The molecule has 1 saturated heterocycles. The maximum absolute atomic E-state index is 13.5. The summed E-state index contributed by atoms with van der Waals surface area (Å²) >= 11 is 0. The van der Waals surface area contributed by atoms with Gasteiger partial charge in [0.05, 0.1) is 25.4 Å². The van der Waals surface area contributed by atoms with Crippen LogP contribution in [0.15, 0.2) is 48.6 Å². The van der Waals surface area contributed by atoms with Crippen molar-refractivity contribution in [3.8, 4) is 0 Å². The van der Waals surface area contributed by atoms with E-state index in [1.807, 2.05) is 12.2 Å². The minimum atomic E-state index is -1.62. The number of hydrogen-bond donors (Lipinski definition) is 6. The molecule has 0 aromatic rings. The van der Waals surface area contributed by atoms with E-state index in [4.69, 9.17) is 14.2 Å². The van der Waals surface area contributed by atoms with Crippen molar-refractivity contribution in [1.82, 2.24) is 5.32 Å². The molecule has 474 valence electrons. The van der Waals surface area contributed by atoms with Gasteiger partial charge >= 0.3 is 5.97 Å². The SMILES string of the molecule is CC/C=C/C=C/C=C/CCCCCCCCCC(=O)OC1C(OCC(NC(=O)C(O)CCCCCCCCCCCCCCCCCCCCCCCCCCCC)C(O)/C=C/CCCCCCCCCCC)OC(CO)C(O)C1O. The fourth-order valence-corrected chi connectivity index (χ4v) is 10.9. The Balaban J connectivity index is 2.53. The van der Waals surface area contributed by atoms with Gasteiger partial charge in [-0.3, -0.25) is 9.59 Å². The maximum atomic E-state index is 13.5. The highest BCUT2D eigenvalue weighted by molar-refractivity contribution is 5.80. The molecule has 1 heterocycles. The summed E-state index contributed by atoms with van der Waals surface area (Å²) < 4.78 is 17.6. The second-order valence-electron chi connectivity index (χ2n) is 24.0. The largest absolute Gasteiger partial charge is 0.454 e. The van der Waals surface area contributed by atoms with Crippen LogP contribution in [-0.4, -0.2) is 99.6 Å². The lowest BCUT2D eigenvalue weighted by atomic mass is 9.99. The Bertz CT molecular complexity index is 1500. The topological polar surface area (TPSA) is 175 Å². The van der Waals surface area contributed by atoms with E-state index >= 15 is 0 Å². The molecule has 11 nitrogen and oxygen atoms in total. The Labute approximate surface area is 497 Å². The number of allylic oxidation sites excluding steroid dienone is 7. The molecule has 8 atom stereocenters. The van der Waals surface area contributed by atoms with Crippen LogP contribution in [0.5, 0.6) is 0 Å². The zero-order valence-electron chi connectivity index (χ0n) is 52.7. The van der Waals surface area contributed by atoms with Crippen molar-refractivity contribution in [3.63, 3.8) is 0 Å². The van der Waals surface area contributed by atoms with Gasteiger partial charge in [-0.1, -0.05) is 320 Å². The Morgan fingerprint density at radius 3 is 1.32 bits per heavy atom. The monoisotopic (exact) mass is 1140 g/mol. The van der Waals surface area contributed by atoms with Crippen LogP contribution in [0.25, 0.3) is 0 Å². The van der Waals surface area contributed by atoms with E-state index in [1.165, 1.54) is 186 Å². The zero-order chi connectivity index (χ0) is 58.9. The number of ether oxygens (including phenoxy) is 3. The van der Waals surface area contributed by atoms with Crippen LogP contribution in [0.2, 0.25) is 0 Å². The van der Waals surface area contributed by atoms with Gasteiger partial charge in [0.1, 0.15) is 24.4 Å². The Hall–Kier alpha value is -2.38. The van der Waals surface area contributed by atoms with Gasteiger partial charge in [-0.05, 0) is 44.9 Å². The average molecular weight is 1140 g/mol. The Morgan fingerprint density at radius 1 is 0.494 bits per heavy atom. The van der Waals surface area contributed by atoms with Crippen molar-refractivity contribution < 1.29 is 49.3 Å². The Morgan fingerprint density at radius 2 is 0.889 bits per heavy atom. The molecule has 1 fully saturated rings. The molecule has 11 heteroatoms. The molecule has 81 heavy (non-hydrogen) atoms. The van der Waals surface area contributed by atoms with Gasteiger partial charge in [0, 0.05) is 6.42 Å². The average Bonchev–Trinajstić information content (AvgIpc) is 3.50. The molecule has 1 rings (SSSR count). The number of carbonyl (C=O) groups is 2. The van der Waals surface area contributed by atoms with E-state index in [9.17, 15) is 35.1 Å². The minimum Gasteiger partial charge on any atom is -0.454 e. The van der Waals surface area contributed by atoms with E-state index in [2.05, 4.69) is 56.5 Å². The van der Waals surface area contributed by atoms with Crippen molar-refractivity contribution >= 4 is 11.9 Å². The predicted molar refractivity (Wildman–Crippen MR) is 338 cm³/mol. The molecular formula is C70H129NO10. The van der Waals surface area contributed by atoms with Gasteiger partial charge in [-0.15, -0.1) is 0 Å². The molecule has 1 aliphatic heterocycles. The number of aliphatic hydroxyl groups excluding tert-OH is 5. The number of nitrogens with one attached hydrogen (secondary N) is 1. The van der Waals surface area contributed by atoms with Gasteiger partial charge < -0.3 is 45.1 Å². The Kier molecular flexibility index (Phi) is 54.9. The molecule has 0 radical (unpaired) electrons. The van der Waals surface area contributed by atoms with Crippen molar-refractivity contribution in [1.29, 1.82) is 0 Å².